The molecule has 31 heavy (non-hydrogen) atoms. The topological polar surface area (TPSA) is 62.2 Å². The summed E-state index contributed by atoms with van der Waals surface area (Å²) < 4.78 is 1.77. The SMILES string of the molecule is CC(c1ccccc1)N1CCC(NC(=O)NCc2cnn(-c3ccc(Cl)cc3)c2)CC1. The van der Waals surface area contributed by atoms with Crippen LogP contribution in [0.4, 0.5) is 4.79 Å². The summed E-state index contributed by atoms with van der Waals surface area (Å²) in [7, 11) is 0. The van der Waals surface area contributed by atoms with Crippen molar-refractivity contribution in [3.63, 3.8) is 0 Å². The number of nitrogens with zero attached hydrogens (tertiary/aromatic N) is 3. The van der Waals surface area contributed by atoms with E-state index in [9.17, 15) is 4.79 Å². The molecule has 162 valence electrons. The molecule has 1 aromatic heterocycles. The maximum absolute atomic E-state index is 12.4. The first-order valence-corrected chi connectivity index (χ1v) is 11.1. The van der Waals surface area contributed by atoms with Crippen molar-refractivity contribution < 1.29 is 4.79 Å². The van der Waals surface area contributed by atoms with E-state index in [4.69, 9.17) is 11.6 Å². The van der Waals surface area contributed by atoms with Crippen molar-refractivity contribution >= 4 is 17.6 Å². The quantitative estimate of drug-likeness (QED) is 0.594. The molecule has 2 N–H and O–H groups in total. The second kappa shape index (κ2) is 9.98. The highest BCUT2D eigenvalue weighted by molar-refractivity contribution is 6.30. The molecular formula is C24H28ClN5O. The van der Waals surface area contributed by atoms with Crippen molar-refractivity contribution in [2.24, 2.45) is 0 Å². The van der Waals surface area contributed by atoms with Crippen molar-refractivity contribution in [1.29, 1.82) is 0 Å². The van der Waals surface area contributed by atoms with Gasteiger partial charge in [-0.3, -0.25) is 4.90 Å². The largest absolute Gasteiger partial charge is 0.335 e. The van der Waals surface area contributed by atoms with Crippen molar-refractivity contribution in [2.75, 3.05) is 13.1 Å². The van der Waals surface area contributed by atoms with Gasteiger partial charge in [-0.1, -0.05) is 41.9 Å². The lowest BCUT2D eigenvalue weighted by molar-refractivity contribution is 0.153. The summed E-state index contributed by atoms with van der Waals surface area (Å²) >= 11 is 5.93. The lowest BCUT2D eigenvalue weighted by Gasteiger charge is -2.36. The number of carbonyl (C=O) groups excluding carboxylic acids is 1. The number of piperidine rings is 1. The van der Waals surface area contributed by atoms with E-state index < -0.39 is 0 Å². The van der Waals surface area contributed by atoms with Gasteiger partial charge < -0.3 is 10.6 Å². The molecule has 0 saturated carbocycles. The number of nitrogens with one attached hydrogen (secondary N) is 2. The standard InChI is InChI=1S/C24H28ClN5O/c1-18(20-5-3-2-4-6-20)29-13-11-22(12-14-29)28-24(31)26-15-19-16-27-30(17-19)23-9-7-21(25)8-10-23/h2-10,16-18,22H,11-15H2,1H3,(H2,26,28,31). The Morgan fingerprint density at radius 1 is 1.13 bits per heavy atom. The molecule has 4 rings (SSSR count). The van der Waals surface area contributed by atoms with Crippen LogP contribution >= 0.6 is 11.6 Å². The van der Waals surface area contributed by atoms with Gasteiger partial charge in [0.2, 0.25) is 0 Å². The number of carbonyl (C=O) groups is 1. The zero-order valence-corrected chi connectivity index (χ0v) is 18.4. The Labute approximate surface area is 188 Å². The first kappa shape index (κ1) is 21.4. The Hall–Kier alpha value is -2.83. The molecule has 1 unspecified atom stereocenters. The summed E-state index contributed by atoms with van der Waals surface area (Å²) in [6.45, 7) is 4.65. The van der Waals surface area contributed by atoms with E-state index in [0.717, 1.165) is 37.2 Å². The molecule has 1 aliphatic heterocycles. The third kappa shape index (κ3) is 5.66. The van der Waals surface area contributed by atoms with Gasteiger partial charge in [0.25, 0.3) is 0 Å². The van der Waals surface area contributed by atoms with Crippen LogP contribution in [0.5, 0.6) is 0 Å². The van der Waals surface area contributed by atoms with Crippen molar-refractivity contribution in [3.05, 3.63) is 83.1 Å². The maximum Gasteiger partial charge on any atom is 0.315 e. The third-order valence-corrected chi connectivity index (χ3v) is 6.13. The van der Waals surface area contributed by atoms with E-state index in [1.165, 1.54) is 5.56 Å². The van der Waals surface area contributed by atoms with E-state index in [1.807, 2.05) is 36.5 Å². The van der Waals surface area contributed by atoms with Gasteiger partial charge in [-0.15, -0.1) is 0 Å². The fraction of sp³-hybridized carbons (Fsp3) is 0.333. The summed E-state index contributed by atoms with van der Waals surface area (Å²) in [6.07, 6.45) is 5.59. The van der Waals surface area contributed by atoms with Crippen molar-refractivity contribution in [1.82, 2.24) is 25.3 Å². The first-order valence-electron chi connectivity index (χ1n) is 10.7. The van der Waals surface area contributed by atoms with Crippen LogP contribution < -0.4 is 10.6 Å². The molecule has 2 heterocycles. The number of urea groups is 1. The molecule has 0 radical (unpaired) electrons. The summed E-state index contributed by atoms with van der Waals surface area (Å²) in [5, 5.41) is 11.1. The van der Waals surface area contributed by atoms with Gasteiger partial charge in [0.1, 0.15) is 0 Å². The number of amides is 2. The minimum atomic E-state index is -0.131. The van der Waals surface area contributed by atoms with E-state index >= 15 is 0 Å². The van der Waals surface area contributed by atoms with Gasteiger partial charge in [-0.25, -0.2) is 9.48 Å². The van der Waals surface area contributed by atoms with E-state index in [0.29, 0.717) is 17.6 Å². The van der Waals surface area contributed by atoms with E-state index in [1.54, 1.807) is 10.9 Å². The fourth-order valence-corrected chi connectivity index (χ4v) is 4.10. The van der Waals surface area contributed by atoms with E-state index in [-0.39, 0.29) is 12.1 Å². The Kier molecular flexibility index (Phi) is 6.89. The predicted molar refractivity (Wildman–Crippen MR) is 123 cm³/mol. The van der Waals surface area contributed by atoms with Crippen molar-refractivity contribution in [3.8, 4) is 5.69 Å². The van der Waals surface area contributed by atoms with Crippen LogP contribution in [0.25, 0.3) is 5.69 Å². The molecular weight excluding hydrogens is 410 g/mol. The molecule has 0 aliphatic carbocycles. The zero-order chi connectivity index (χ0) is 21.6. The summed E-state index contributed by atoms with van der Waals surface area (Å²) in [6, 6.07) is 18.5. The third-order valence-electron chi connectivity index (χ3n) is 5.87. The molecule has 2 amide bonds. The van der Waals surface area contributed by atoms with Crippen LogP contribution in [0.15, 0.2) is 67.0 Å². The number of benzene rings is 2. The Bertz CT molecular complexity index is 981. The molecule has 0 spiro atoms. The van der Waals surface area contributed by atoms with Crippen LogP contribution in [-0.2, 0) is 6.54 Å². The monoisotopic (exact) mass is 437 g/mol. The second-order valence-electron chi connectivity index (χ2n) is 7.99. The Morgan fingerprint density at radius 3 is 2.55 bits per heavy atom. The van der Waals surface area contributed by atoms with Crippen LogP contribution in [0, 0.1) is 0 Å². The summed E-state index contributed by atoms with van der Waals surface area (Å²) in [5.74, 6) is 0. The molecule has 1 aliphatic rings. The lowest BCUT2D eigenvalue weighted by Crippen LogP contribution is -2.48. The average molecular weight is 438 g/mol. The number of hydrogen-bond acceptors (Lipinski definition) is 3. The fourth-order valence-electron chi connectivity index (χ4n) is 3.98. The number of halogens is 1. The molecule has 3 aromatic rings. The van der Waals surface area contributed by atoms with Gasteiger partial charge in [0.15, 0.2) is 0 Å². The molecule has 1 atom stereocenters. The van der Waals surface area contributed by atoms with Gasteiger partial charge >= 0.3 is 6.03 Å². The van der Waals surface area contributed by atoms with Gasteiger partial charge in [0.05, 0.1) is 11.9 Å². The molecule has 2 aromatic carbocycles. The second-order valence-corrected chi connectivity index (χ2v) is 8.43. The molecule has 6 nitrogen and oxygen atoms in total. The van der Waals surface area contributed by atoms with Crippen LogP contribution in [-0.4, -0.2) is 39.8 Å². The number of rotatable bonds is 6. The normalized spacial score (nSPS) is 16.1. The van der Waals surface area contributed by atoms with Crippen LogP contribution in [0.2, 0.25) is 5.02 Å². The predicted octanol–water partition coefficient (Wildman–Crippen LogP) is 4.55. The van der Waals surface area contributed by atoms with Crippen LogP contribution in [0.3, 0.4) is 0 Å². The van der Waals surface area contributed by atoms with Crippen molar-refractivity contribution in [2.45, 2.75) is 38.4 Å². The average Bonchev–Trinajstić information content (AvgIpc) is 3.28. The number of hydrogen-bond donors (Lipinski definition) is 2. The highest BCUT2D eigenvalue weighted by Gasteiger charge is 2.24. The molecule has 0 bridgehead atoms. The smallest absolute Gasteiger partial charge is 0.315 e. The Morgan fingerprint density at radius 2 is 1.84 bits per heavy atom. The summed E-state index contributed by atoms with van der Waals surface area (Å²) in [4.78, 5) is 14.8. The zero-order valence-electron chi connectivity index (χ0n) is 17.7. The molecule has 7 heteroatoms. The lowest BCUT2D eigenvalue weighted by atomic mass is 10.0. The maximum atomic E-state index is 12.4. The Balaban J connectivity index is 1.21. The highest BCUT2D eigenvalue weighted by Crippen LogP contribution is 2.24. The van der Waals surface area contributed by atoms with E-state index in [2.05, 4.69) is 51.8 Å². The summed E-state index contributed by atoms with van der Waals surface area (Å²) in [5.41, 5.74) is 3.21. The van der Waals surface area contributed by atoms with Crippen LogP contribution in [0.1, 0.15) is 36.9 Å². The molecule has 1 fully saturated rings. The first-order chi connectivity index (χ1) is 15.1. The van der Waals surface area contributed by atoms with Gasteiger partial charge in [0, 0.05) is 48.5 Å². The minimum absolute atomic E-state index is 0.131. The van der Waals surface area contributed by atoms with Gasteiger partial charge in [-0.2, -0.15) is 5.10 Å². The number of likely N-dealkylation sites (tertiary alicyclic amines) is 1. The van der Waals surface area contributed by atoms with Gasteiger partial charge in [-0.05, 0) is 49.6 Å². The molecule has 1 saturated heterocycles. The highest BCUT2D eigenvalue weighted by atomic mass is 35.5. The number of aromatic nitrogens is 2. The minimum Gasteiger partial charge on any atom is -0.335 e.